The van der Waals surface area contributed by atoms with Crippen LogP contribution in [0.3, 0.4) is 0 Å². The molecule has 1 fully saturated rings. The number of carbonyl (C=O) groups excluding carboxylic acids is 4. The first kappa shape index (κ1) is 27.0. The molecule has 2 aromatic carbocycles. The topological polar surface area (TPSA) is 110 Å². The van der Waals surface area contributed by atoms with Crippen LogP contribution in [0.15, 0.2) is 64.8 Å². The minimum Gasteiger partial charge on any atom is -0.507 e. The molecular formula is C32H28ClNO7. The van der Waals surface area contributed by atoms with Crippen LogP contribution in [0, 0.1) is 24.7 Å². The number of imide groups is 1. The Labute approximate surface area is 241 Å². The van der Waals surface area contributed by atoms with Gasteiger partial charge in [0.2, 0.25) is 11.8 Å². The van der Waals surface area contributed by atoms with Gasteiger partial charge in [-0.2, -0.15) is 0 Å². The fourth-order valence-electron chi connectivity index (χ4n) is 6.83. The monoisotopic (exact) mass is 573 g/mol. The van der Waals surface area contributed by atoms with Gasteiger partial charge < -0.3 is 14.6 Å². The molecule has 0 aromatic heterocycles. The summed E-state index contributed by atoms with van der Waals surface area (Å²) in [5.74, 6) is -3.61. The van der Waals surface area contributed by atoms with Crippen LogP contribution in [0.4, 0.5) is 5.69 Å². The molecule has 8 nitrogen and oxygen atoms in total. The van der Waals surface area contributed by atoms with Crippen molar-refractivity contribution in [2.24, 2.45) is 17.8 Å². The summed E-state index contributed by atoms with van der Waals surface area (Å²) in [4.78, 5) is 55.9. The Hall–Kier alpha value is -4.17. The van der Waals surface area contributed by atoms with Crippen molar-refractivity contribution >= 4 is 40.7 Å². The fourth-order valence-corrected chi connectivity index (χ4v) is 7.01. The molecule has 4 aliphatic rings. The number of methoxy groups -OCH3 is 2. The maximum atomic E-state index is 14.0. The van der Waals surface area contributed by atoms with E-state index in [1.807, 2.05) is 13.0 Å². The quantitative estimate of drug-likeness (QED) is 0.311. The number of ether oxygens (including phenoxy) is 2. The number of allylic oxidation sites excluding steroid dienone is 6. The van der Waals surface area contributed by atoms with E-state index in [2.05, 4.69) is 0 Å². The average molecular weight is 574 g/mol. The Bertz CT molecular complexity index is 1670. The van der Waals surface area contributed by atoms with Gasteiger partial charge >= 0.3 is 0 Å². The number of aromatic hydroxyl groups is 1. The van der Waals surface area contributed by atoms with Crippen LogP contribution >= 0.6 is 11.6 Å². The smallest absolute Gasteiger partial charge is 0.238 e. The number of hydrogen-bond acceptors (Lipinski definition) is 7. The van der Waals surface area contributed by atoms with E-state index < -0.39 is 23.7 Å². The molecule has 2 aromatic rings. The maximum absolute atomic E-state index is 14.0. The highest BCUT2D eigenvalue weighted by atomic mass is 35.5. The summed E-state index contributed by atoms with van der Waals surface area (Å²) >= 11 is 6.34. The van der Waals surface area contributed by atoms with E-state index in [4.69, 9.17) is 21.1 Å². The third-order valence-electron chi connectivity index (χ3n) is 8.82. The molecule has 1 N–H and O–H groups in total. The Kier molecular flexibility index (Phi) is 6.41. The number of ketones is 2. The Morgan fingerprint density at radius 2 is 1.73 bits per heavy atom. The number of aryl methyl sites for hydroxylation is 1. The summed E-state index contributed by atoms with van der Waals surface area (Å²) in [6.45, 7) is 3.43. The molecule has 2 amide bonds. The molecule has 3 aliphatic carbocycles. The van der Waals surface area contributed by atoms with E-state index in [-0.39, 0.29) is 53.3 Å². The number of amides is 2. The van der Waals surface area contributed by atoms with Gasteiger partial charge in [-0.3, -0.25) is 19.2 Å². The number of Topliss-reactive ketones (excluding diaryl/α,β-unsaturated/α-hetero) is 1. The number of halogens is 1. The molecule has 1 heterocycles. The number of anilines is 1. The molecule has 4 atom stereocenters. The van der Waals surface area contributed by atoms with Gasteiger partial charge in [0.15, 0.2) is 11.6 Å². The normalized spacial score (nSPS) is 25.4. The Morgan fingerprint density at radius 3 is 2.41 bits per heavy atom. The van der Waals surface area contributed by atoms with Gasteiger partial charge in [0.1, 0.15) is 17.2 Å². The summed E-state index contributed by atoms with van der Waals surface area (Å²) in [6, 6.07) is 8.11. The molecule has 0 radical (unpaired) electrons. The largest absolute Gasteiger partial charge is 0.507 e. The van der Waals surface area contributed by atoms with Crippen molar-refractivity contribution in [2.75, 3.05) is 19.1 Å². The number of carbonyl (C=O) groups is 4. The second kappa shape index (κ2) is 9.73. The lowest BCUT2D eigenvalue weighted by molar-refractivity contribution is -0.123. The van der Waals surface area contributed by atoms with E-state index in [1.165, 1.54) is 31.3 Å². The molecule has 1 aliphatic heterocycles. The fraction of sp³-hybridized carbons (Fsp3) is 0.312. The van der Waals surface area contributed by atoms with Gasteiger partial charge in [-0.1, -0.05) is 29.3 Å². The van der Waals surface area contributed by atoms with Crippen molar-refractivity contribution in [3.8, 4) is 17.2 Å². The molecule has 1 saturated heterocycles. The van der Waals surface area contributed by atoms with Gasteiger partial charge in [0.05, 0.1) is 31.7 Å². The second-order valence-electron chi connectivity index (χ2n) is 10.9. The highest BCUT2D eigenvalue weighted by Gasteiger charge is 2.57. The van der Waals surface area contributed by atoms with Crippen molar-refractivity contribution in [3.05, 3.63) is 80.9 Å². The van der Waals surface area contributed by atoms with E-state index >= 15 is 0 Å². The number of phenolic OH excluding ortho intramolecular Hbond substituents is 1. The van der Waals surface area contributed by atoms with Gasteiger partial charge in [0, 0.05) is 45.4 Å². The standard InChI is InChI=1S/C32H28ClNO7/c1-14-5-6-16(10-22(14)33)34-31(38)19-8-7-18-20(26(19)32(34)39)13-21-23(35)9-15(2)30(37)28(21)27(18)29-24(36)11-17(40-3)12-25(29)41-4/h5-7,9-12,19-20,26-27,36H,8,13H2,1-4H3. The van der Waals surface area contributed by atoms with Crippen LogP contribution in [0.2, 0.25) is 5.02 Å². The van der Waals surface area contributed by atoms with Crippen LogP contribution in [0.1, 0.15) is 36.8 Å². The lowest BCUT2D eigenvalue weighted by atomic mass is 9.59. The second-order valence-corrected chi connectivity index (χ2v) is 11.3. The zero-order valence-electron chi connectivity index (χ0n) is 23.0. The van der Waals surface area contributed by atoms with E-state index in [0.29, 0.717) is 38.7 Å². The van der Waals surface area contributed by atoms with Crippen molar-refractivity contribution in [3.63, 3.8) is 0 Å². The van der Waals surface area contributed by atoms with Crippen LogP contribution < -0.4 is 14.4 Å². The van der Waals surface area contributed by atoms with Crippen LogP contribution in [-0.4, -0.2) is 42.7 Å². The number of phenols is 1. The number of nitrogens with zero attached hydrogens (tertiary/aromatic N) is 1. The molecule has 0 saturated carbocycles. The van der Waals surface area contributed by atoms with Crippen molar-refractivity contribution in [1.29, 1.82) is 0 Å². The van der Waals surface area contributed by atoms with Gasteiger partial charge in [-0.25, -0.2) is 4.90 Å². The highest BCUT2D eigenvalue weighted by molar-refractivity contribution is 6.32. The summed E-state index contributed by atoms with van der Waals surface area (Å²) in [7, 11) is 2.91. The lowest BCUT2D eigenvalue weighted by Crippen LogP contribution is -2.40. The number of benzene rings is 2. The minimum atomic E-state index is -0.851. The molecule has 0 bridgehead atoms. The summed E-state index contributed by atoms with van der Waals surface area (Å²) in [5.41, 5.74) is 3.11. The van der Waals surface area contributed by atoms with Crippen molar-refractivity contribution in [2.45, 2.75) is 32.6 Å². The molecule has 210 valence electrons. The first-order valence-electron chi connectivity index (χ1n) is 13.4. The molecular weight excluding hydrogens is 546 g/mol. The molecule has 9 heteroatoms. The number of hydrogen-bond donors (Lipinski definition) is 1. The van der Waals surface area contributed by atoms with E-state index in [9.17, 15) is 24.3 Å². The van der Waals surface area contributed by atoms with E-state index in [1.54, 1.807) is 31.2 Å². The van der Waals surface area contributed by atoms with Crippen molar-refractivity contribution in [1.82, 2.24) is 0 Å². The first-order valence-corrected chi connectivity index (χ1v) is 13.7. The predicted octanol–water partition coefficient (Wildman–Crippen LogP) is 5.01. The Balaban J connectivity index is 1.52. The highest BCUT2D eigenvalue weighted by Crippen LogP contribution is 2.58. The summed E-state index contributed by atoms with van der Waals surface area (Å²) in [6.07, 6.45) is 3.62. The third-order valence-corrected chi connectivity index (χ3v) is 9.22. The lowest BCUT2D eigenvalue weighted by Gasteiger charge is -2.42. The van der Waals surface area contributed by atoms with Crippen molar-refractivity contribution < 1.29 is 33.8 Å². The number of fused-ring (bicyclic) bond motifs is 3. The Morgan fingerprint density at radius 1 is 0.976 bits per heavy atom. The maximum Gasteiger partial charge on any atom is 0.238 e. The molecule has 6 rings (SSSR count). The van der Waals surface area contributed by atoms with Gasteiger partial charge in [0.25, 0.3) is 0 Å². The third kappa shape index (κ3) is 3.95. The predicted molar refractivity (Wildman–Crippen MR) is 151 cm³/mol. The van der Waals surface area contributed by atoms with Gasteiger partial charge in [-0.05, 0) is 56.4 Å². The molecule has 0 spiro atoms. The molecule has 4 unspecified atom stereocenters. The zero-order chi connectivity index (χ0) is 29.3. The van der Waals surface area contributed by atoms with E-state index in [0.717, 1.165) is 5.56 Å². The SMILES string of the molecule is COc1cc(O)c(C2C3=CCC4C(=O)N(c5ccc(C)c(Cl)c5)C(=O)C4C3CC3=C2C(=O)C(C)=CC3=O)c(OC)c1. The minimum absolute atomic E-state index is 0.133. The van der Waals surface area contributed by atoms with Gasteiger partial charge in [-0.15, -0.1) is 0 Å². The van der Waals surface area contributed by atoms with Crippen LogP contribution in [0.5, 0.6) is 17.2 Å². The summed E-state index contributed by atoms with van der Waals surface area (Å²) in [5, 5.41) is 11.7. The first-order chi connectivity index (χ1) is 19.6. The average Bonchev–Trinajstić information content (AvgIpc) is 3.21. The number of rotatable bonds is 4. The van der Waals surface area contributed by atoms with Crippen LogP contribution in [-0.2, 0) is 19.2 Å². The zero-order valence-corrected chi connectivity index (χ0v) is 23.7. The summed E-state index contributed by atoms with van der Waals surface area (Å²) < 4.78 is 11.0. The molecule has 41 heavy (non-hydrogen) atoms. The van der Waals surface area contributed by atoms with Crippen LogP contribution in [0.25, 0.3) is 0 Å².